The maximum atomic E-state index is 14.9. The van der Waals surface area contributed by atoms with Gasteiger partial charge in [-0.3, -0.25) is 0 Å². The molecule has 0 saturated carbocycles. The van der Waals surface area contributed by atoms with Gasteiger partial charge in [0.15, 0.2) is 0 Å². The molecule has 0 radical (unpaired) electrons. The van der Waals surface area contributed by atoms with Crippen LogP contribution in [0.5, 0.6) is 0 Å². The Hall–Kier alpha value is -2.01. The average molecular weight is 490 g/mol. The van der Waals surface area contributed by atoms with Crippen molar-refractivity contribution >= 4 is 10.1 Å². The molecule has 0 spiro atoms. The predicted octanol–water partition coefficient (Wildman–Crippen LogP) is 4.38. The smallest absolute Gasteiger partial charge is 0.305 e. The van der Waals surface area contributed by atoms with Gasteiger partial charge in [0.1, 0.15) is 25.5 Å². The lowest BCUT2D eigenvalue weighted by molar-refractivity contribution is -1.08. The third-order valence-corrected chi connectivity index (χ3v) is 6.88. The van der Waals surface area contributed by atoms with E-state index in [4.69, 9.17) is 4.28 Å². The molecule has 33 heavy (non-hydrogen) atoms. The molecule has 182 valence electrons. The molecule has 1 fully saturated rings. The standard InChI is InChI=1S/C23H29F4N2O3S/c1-5-29(32-33(4,30)31)14-19(16-9-8-10-17(13-16)23(25,26)27)22(28(2)3)20(15-29)18-11-6-7-12-21(18)24/h6-13,19-20,22H,5,14-15H2,1-4H3/q+1. The quantitative estimate of drug-likeness (QED) is 0.446. The van der Waals surface area contributed by atoms with Gasteiger partial charge in [-0.2, -0.15) is 26.2 Å². The molecule has 2 aromatic rings. The molecule has 0 N–H and O–H groups in total. The summed E-state index contributed by atoms with van der Waals surface area (Å²) >= 11 is 0. The molecule has 1 aliphatic heterocycles. The maximum absolute atomic E-state index is 14.9. The van der Waals surface area contributed by atoms with Crippen molar-refractivity contribution in [3.63, 3.8) is 0 Å². The Balaban J connectivity index is 2.21. The van der Waals surface area contributed by atoms with E-state index in [0.717, 1.165) is 18.4 Å². The van der Waals surface area contributed by atoms with Crippen molar-refractivity contribution in [2.75, 3.05) is 40.0 Å². The Morgan fingerprint density at radius 3 is 2.24 bits per heavy atom. The fourth-order valence-electron chi connectivity index (χ4n) is 4.97. The Morgan fingerprint density at radius 2 is 1.70 bits per heavy atom. The number of halogens is 4. The second-order valence-corrected chi connectivity index (χ2v) is 10.4. The van der Waals surface area contributed by atoms with Crippen molar-refractivity contribution in [1.29, 1.82) is 0 Å². The van der Waals surface area contributed by atoms with Crippen LogP contribution < -0.4 is 0 Å². The first-order valence-corrected chi connectivity index (χ1v) is 12.4. The van der Waals surface area contributed by atoms with Gasteiger partial charge < -0.3 is 4.90 Å². The summed E-state index contributed by atoms with van der Waals surface area (Å²) in [6.07, 6.45) is -3.58. The van der Waals surface area contributed by atoms with Crippen molar-refractivity contribution in [2.45, 2.75) is 31.0 Å². The zero-order chi connectivity index (χ0) is 24.6. The highest BCUT2D eigenvalue weighted by Crippen LogP contribution is 2.44. The molecule has 0 amide bonds. The molecule has 4 atom stereocenters. The number of quaternary nitrogens is 1. The number of likely N-dealkylation sites (N-methyl/N-ethyl adjacent to an activating group) is 2. The lowest BCUT2D eigenvalue weighted by atomic mass is 9.75. The number of rotatable bonds is 6. The van der Waals surface area contributed by atoms with Crippen molar-refractivity contribution in [3.05, 3.63) is 71.0 Å². The summed E-state index contributed by atoms with van der Waals surface area (Å²) < 4.78 is 84.8. The van der Waals surface area contributed by atoms with Crippen LogP contribution >= 0.6 is 0 Å². The van der Waals surface area contributed by atoms with Crippen molar-refractivity contribution in [2.24, 2.45) is 0 Å². The predicted molar refractivity (Wildman–Crippen MR) is 117 cm³/mol. The van der Waals surface area contributed by atoms with Crippen LogP contribution in [0.1, 0.15) is 35.4 Å². The molecule has 0 aromatic heterocycles. The van der Waals surface area contributed by atoms with E-state index in [1.54, 1.807) is 45.3 Å². The molecule has 3 rings (SSSR count). The van der Waals surface area contributed by atoms with Gasteiger partial charge in [0, 0.05) is 6.04 Å². The monoisotopic (exact) mass is 489 g/mol. The fraction of sp³-hybridized carbons (Fsp3) is 0.478. The van der Waals surface area contributed by atoms with Crippen LogP contribution in [0.15, 0.2) is 48.5 Å². The number of nitrogens with zero attached hydrogens (tertiary/aromatic N) is 2. The van der Waals surface area contributed by atoms with Crippen LogP contribution in [0.25, 0.3) is 0 Å². The molecule has 10 heteroatoms. The van der Waals surface area contributed by atoms with Crippen LogP contribution in [0.3, 0.4) is 0 Å². The number of hydrogen-bond acceptors (Lipinski definition) is 4. The summed E-state index contributed by atoms with van der Waals surface area (Å²) in [7, 11) is -0.312. The molecule has 1 saturated heterocycles. The SMILES string of the molecule is CC[N+]1(OS(C)(=O)=O)CC(c2cccc(C(F)(F)F)c2)C(N(C)C)C(c2ccccc2F)C1. The zero-order valence-corrected chi connectivity index (χ0v) is 19.8. The van der Waals surface area contributed by atoms with Gasteiger partial charge in [0.2, 0.25) is 0 Å². The number of likely N-dealkylation sites (tertiary alicyclic amines) is 1. The Morgan fingerprint density at radius 1 is 1.06 bits per heavy atom. The minimum absolute atomic E-state index is 0.124. The van der Waals surface area contributed by atoms with Gasteiger partial charge in [-0.1, -0.05) is 40.7 Å². The molecule has 4 unspecified atom stereocenters. The summed E-state index contributed by atoms with van der Waals surface area (Å²) in [5.74, 6) is -1.54. The normalized spacial score (nSPS) is 26.5. The Bertz CT molecular complexity index is 1090. The molecule has 2 aromatic carbocycles. The van der Waals surface area contributed by atoms with Crippen LogP contribution in [0, 0.1) is 5.82 Å². The molecular weight excluding hydrogens is 460 g/mol. The summed E-state index contributed by atoms with van der Waals surface area (Å²) in [6.45, 7) is 2.28. The second kappa shape index (κ2) is 9.32. The lowest BCUT2D eigenvalue weighted by Crippen LogP contribution is -2.62. The minimum Gasteiger partial charge on any atom is -0.305 e. The lowest BCUT2D eigenvalue weighted by Gasteiger charge is -2.49. The fourth-order valence-corrected chi connectivity index (χ4v) is 5.77. The van der Waals surface area contributed by atoms with Gasteiger partial charge in [0.25, 0.3) is 0 Å². The van der Waals surface area contributed by atoms with Gasteiger partial charge in [-0.05, 0) is 44.3 Å². The first-order chi connectivity index (χ1) is 15.3. The van der Waals surface area contributed by atoms with E-state index in [0.29, 0.717) is 11.1 Å². The van der Waals surface area contributed by atoms with Gasteiger partial charge >= 0.3 is 16.3 Å². The molecule has 5 nitrogen and oxygen atoms in total. The van der Waals surface area contributed by atoms with Crippen LogP contribution in [0.2, 0.25) is 0 Å². The summed E-state index contributed by atoms with van der Waals surface area (Å²) in [5.41, 5.74) is -0.0114. The molecule has 0 aliphatic carbocycles. The topological polar surface area (TPSA) is 46.6 Å². The second-order valence-electron chi connectivity index (χ2n) is 8.83. The maximum Gasteiger partial charge on any atom is 0.416 e. The highest BCUT2D eigenvalue weighted by molar-refractivity contribution is 7.85. The van der Waals surface area contributed by atoms with Crippen LogP contribution in [-0.2, 0) is 20.6 Å². The average Bonchev–Trinajstić information content (AvgIpc) is 2.71. The number of benzene rings is 2. The van der Waals surface area contributed by atoms with Crippen LogP contribution in [0.4, 0.5) is 17.6 Å². The van der Waals surface area contributed by atoms with Crippen molar-refractivity contribution in [1.82, 2.24) is 4.90 Å². The van der Waals surface area contributed by atoms with Gasteiger partial charge in [-0.15, -0.1) is 0 Å². The highest BCUT2D eigenvalue weighted by atomic mass is 32.2. The van der Waals surface area contributed by atoms with E-state index in [9.17, 15) is 26.0 Å². The molecule has 1 aliphatic rings. The largest absolute Gasteiger partial charge is 0.416 e. The third kappa shape index (κ3) is 5.74. The molecular formula is C23H29F4N2O3S+. The highest BCUT2D eigenvalue weighted by Gasteiger charge is 2.51. The van der Waals surface area contributed by atoms with Gasteiger partial charge in [-0.25, -0.2) is 4.39 Å². The van der Waals surface area contributed by atoms with E-state index in [-0.39, 0.29) is 24.3 Å². The Kier molecular flexibility index (Phi) is 7.24. The minimum atomic E-state index is -4.52. The summed E-state index contributed by atoms with van der Waals surface area (Å²) in [6, 6.07) is 10.9. The van der Waals surface area contributed by atoms with E-state index in [1.165, 1.54) is 12.1 Å². The number of hydrogen-bond donors (Lipinski definition) is 0. The Labute approximate surface area is 192 Å². The van der Waals surface area contributed by atoms with E-state index in [2.05, 4.69) is 0 Å². The first-order valence-electron chi connectivity index (χ1n) is 10.6. The van der Waals surface area contributed by atoms with E-state index >= 15 is 0 Å². The summed E-state index contributed by atoms with van der Waals surface area (Å²) in [4.78, 5) is 1.87. The zero-order valence-electron chi connectivity index (χ0n) is 19.0. The summed E-state index contributed by atoms with van der Waals surface area (Å²) in [5, 5.41) is 0. The number of alkyl halides is 3. The number of piperidine rings is 1. The first kappa shape index (κ1) is 25.6. The van der Waals surface area contributed by atoms with E-state index < -0.39 is 45.6 Å². The number of hydroxylamine groups is 3. The van der Waals surface area contributed by atoms with Crippen LogP contribution in [-0.4, -0.2) is 64.0 Å². The molecule has 0 bridgehead atoms. The van der Waals surface area contributed by atoms with Crippen molar-refractivity contribution in [3.8, 4) is 0 Å². The third-order valence-electron chi connectivity index (χ3n) is 6.30. The van der Waals surface area contributed by atoms with E-state index in [1.807, 2.05) is 4.90 Å². The van der Waals surface area contributed by atoms with Gasteiger partial charge in [0.05, 0.1) is 23.7 Å². The van der Waals surface area contributed by atoms with Crippen molar-refractivity contribution < 1.29 is 34.9 Å². The molecule has 1 heterocycles.